The van der Waals surface area contributed by atoms with Crippen LogP contribution in [0.15, 0.2) is 11.7 Å². The molecule has 0 bridgehead atoms. The van der Waals surface area contributed by atoms with Crippen LogP contribution in [0.3, 0.4) is 0 Å². The third-order valence-corrected chi connectivity index (χ3v) is 1.59. The van der Waals surface area contributed by atoms with Gasteiger partial charge in [0.25, 0.3) is 0 Å². The highest BCUT2D eigenvalue weighted by atomic mass is 35.5. The minimum Gasteiger partial charge on any atom is -0.378 e. The van der Waals surface area contributed by atoms with Crippen molar-refractivity contribution in [1.82, 2.24) is 4.90 Å². The van der Waals surface area contributed by atoms with Gasteiger partial charge < -0.3 is 9.64 Å². The number of hydrogen-bond donors (Lipinski definition) is 0. The topological polar surface area (TPSA) is 12.5 Å². The van der Waals surface area contributed by atoms with Crippen LogP contribution in [0.25, 0.3) is 0 Å². The second kappa shape index (κ2) is 3.08. The van der Waals surface area contributed by atoms with Gasteiger partial charge in [-0.3, -0.25) is 0 Å². The summed E-state index contributed by atoms with van der Waals surface area (Å²) in [6.07, 6.45) is 0. The molecular weight excluding hydrogens is 138 g/mol. The van der Waals surface area contributed by atoms with Crippen molar-refractivity contribution in [3.05, 3.63) is 11.7 Å². The molecule has 3 heteroatoms. The van der Waals surface area contributed by atoms with Gasteiger partial charge in [0.1, 0.15) is 0 Å². The number of halogens is 1. The lowest BCUT2D eigenvalue weighted by Crippen LogP contribution is -2.33. The predicted octanol–water partition coefficient (Wildman–Crippen LogP) is 1.03. The Bertz CT molecular complexity index is 110. The summed E-state index contributed by atoms with van der Waals surface area (Å²) in [4.78, 5) is 2.01. The molecule has 0 amide bonds. The zero-order valence-electron chi connectivity index (χ0n) is 5.27. The molecule has 1 fully saturated rings. The van der Waals surface area contributed by atoms with Gasteiger partial charge in [-0.1, -0.05) is 18.2 Å². The highest BCUT2D eigenvalue weighted by Gasteiger charge is 2.08. The van der Waals surface area contributed by atoms with E-state index in [9.17, 15) is 0 Å². The SMILES string of the molecule is C=C(Cl)N1CCOCC1. The van der Waals surface area contributed by atoms with Gasteiger partial charge >= 0.3 is 0 Å². The normalized spacial score (nSPS) is 19.9. The lowest BCUT2D eigenvalue weighted by Gasteiger charge is -2.27. The van der Waals surface area contributed by atoms with Crippen molar-refractivity contribution in [2.24, 2.45) is 0 Å². The van der Waals surface area contributed by atoms with E-state index in [2.05, 4.69) is 6.58 Å². The molecule has 0 spiro atoms. The molecule has 0 N–H and O–H groups in total. The number of rotatable bonds is 1. The molecule has 0 radical (unpaired) electrons. The van der Waals surface area contributed by atoms with Gasteiger partial charge in [-0.15, -0.1) is 0 Å². The van der Waals surface area contributed by atoms with Crippen LogP contribution in [0.2, 0.25) is 0 Å². The van der Waals surface area contributed by atoms with Gasteiger partial charge in [0.15, 0.2) is 0 Å². The zero-order valence-corrected chi connectivity index (χ0v) is 6.02. The summed E-state index contributed by atoms with van der Waals surface area (Å²) in [5.74, 6) is 0. The Morgan fingerprint density at radius 3 is 2.33 bits per heavy atom. The van der Waals surface area contributed by atoms with Crippen molar-refractivity contribution in [3.8, 4) is 0 Å². The van der Waals surface area contributed by atoms with Crippen LogP contribution >= 0.6 is 11.6 Å². The van der Waals surface area contributed by atoms with E-state index < -0.39 is 0 Å². The molecule has 0 aromatic heterocycles. The number of morpholine rings is 1. The average Bonchev–Trinajstić information content (AvgIpc) is 1.90. The molecule has 0 aliphatic carbocycles. The quantitative estimate of drug-likeness (QED) is 0.514. The molecule has 0 unspecified atom stereocenters. The summed E-state index contributed by atoms with van der Waals surface area (Å²) in [6, 6.07) is 0. The molecule has 1 rings (SSSR count). The van der Waals surface area contributed by atoms with Crippen LogP contribution in [-0.4, -0.2) is 31.2 Å². The molecule has 0 atom stereocenters. The van der Waals surface area contributed by atoms with Crippen molar-refractivity contribution < 1.29 is 4.74 Å². The van der Waals surface area contributed by atoms with Crippen molar-refractivity contribution in [2.45, 2.75) is 0 Å². The van der Waals surface area contributed by atoms with E-state index in [1.807, 2.05) is 4.90 Å². The fourth-order valence-corrected chi connectivity index (χ4v) is 0.975. The molecule has 0 saturated carbocycles. The van der Waals surface area contributed by atoms with E-state index in [1.165, 1.54) is 0 Å². The van der Waals surface area contributed by atoms with E-state index >= 15 is 0 Å². The van der Waals surface area contributed by atoms with Gasteiger partial charge in [-0.05, 0) is 0 Å². The molecule has 2 nitrogen and oxygen atoms in total. The van der Waals surface area contributed by atoms with E-state index in [0.717, 1.165) is 26.3 Å². The van der Waals surface area contributed by atoms with Gasteiger partial charge in [-0.25, -0.2) is 0 Å². The Balaban J connectivity index is 2.31. The van der Waals surface area contributed by atoms with Crippen molar-refractivity contribution >= 4 is 11.6 Å². The monoisotopic (exact) mass is 147 g/mol. The van der Waals surface area contributed by atoms with Gasteiger partial charge in [0.05, 0.1) is 18.4 Å². The minimum absolute atomic E-state index is 0.623. The maximum absolute atomic E-state index is 5.63. The molecule has 0 aromatic rings. The molecule has 9 heavy (non-hydrogen) atoms. The highest BCUT2D eigenvalue weighted by Crippen LogP contribution is 2.07. The third-order valence-electron chi connectivity index (χ3n) is 1.35. The zero-order chi connectivity index (χ0) is 6.69. The second-order valence-electron chi connectivity index (χ2n) is 1.98. The summed E-state index contributed by atoms with van der Waals surface area (Å²) in [6.45, 7) is 6.91. The molecule has 1 saturated heterocycles. The first-order valence-electron chi connectivity index (χ1n) is 2.98. The maximum atomic E-state index is 5.63. The number of hydrogen-bond acceptors (Lipinski definition) is 2. The Hall–Kier alpha value is -0.210. The maximum Gasteiger partial charge on any atom is 0.0972 e. The van der Waals surface area contributed by atoms with E-state index in [1.54, 1.807) is 0 Å². The lowest BCUT2D eigenvalue weighted by atomic mass is 10.4. The molecule has 0 aromatic carbocycles. The van der Waals surface area contributed by atoms with Crippen LogP contribution in [0.4, 0.5) is 0 Å². The van der Waals surface area contributed by atoms with Crippen LogP contribution in [0.1, 0.15) is 0 Å². The Labute approximate surface area is 60.0 Å². The summed E-state index contributed by atoms with van der Waals surface area (Å²) >= 11 is 5.63. The van der Waals surface area contributed by atoms with Crippen LogP contribution in [-0.2, 0) is 4.74 Å². The van der Waals surface area contributed by atoms with E-state index in [4.69, 9.17) is 16.3 Å². The molecule has 1 aliphatic rings. The largest absolute Gasteiger partial charge is 0.378 e. The van der Waals surface area contributed by atoms with Gasteiger partial charge in [0, 0.05) is 13.1 Å². The predicted molar refractivity (Wildman–Crippen MR) is 37.4 cm³/mol. The van der Waals surface area contributed by atoms with Crippen LogP contribution in [0.5, 0.6) is 0 Å². The molecular formula is C6H10ClNO. The standard InChI is InChI=1S/C6H10ClNO/c1-6(7)8-2-4-9-5-3-8/h1-5H2. The van der Waals surface area contributed by atoms with Crippen LogP contribution in [0, 0.1) is 0 Å². The Morgan fingerprint density at radius 1 is 1.44 bits per heavy atom. The fraction of sp³-hybridized carbons (Fsp3) is 0.667. The van der Waals surface area contributed by atoms with E-state index in [0.29, 0.717) is 5.16 Å². The van der Waals surface area contributed by atoms with Gasteiger partial charge in [-0.2, -0.15) is 0 Å². The second-order valence-corrected chi connectivity index (χ2v) is 2.41. The molecule has 1 aliphatic heterocycles. The lowest BCUT2D eigenvalue weighted by molar-refractivity contribution is 0.0574. The Kier molecular flexibility index (Phi) is 2.37. The molecule has 52 valence electrons. The smallest absolute Gasteiger partial charge is 0.0972 e. The van der Waals surface area contributed by atoms with Crippen molar-refractivity contribution in [1.29, 1.82) is 0 Å². The summed E-state index contributed by atoms with van der Waals surface area (Å²) in [5, 5.41) is 0.623. The minimum atomic E-state index is 0.623. The van der Waals surface area contributed by atoms with Gasteiger partial charge in [0.2, 0.25) is 0 Å². The van der Waals surface area contributed by atoms with Crippen molar-refractivity contribution in [2.75, 3.05) is 26.3 Å². The first-order valence-corrected chi connectivity index (χ1v) is 3.35. The Morgan fingerprint density at radius 2 is 2.00 bits per heavy atom. The van der Waals surface area contributed by atoms with Crippen molar-refractivity contribution in [3.63, 3.8) is 0 Å². The van der Waals surface area contributed by atoms with E-state index in [-0.39, 0.29) is 0 Å². The first-order chi connectivity index (χ1) is 4.30. The fourth-order valence-electron chi connectivity index (χ4n) is 0.806. The first kappa shape index (κ1) is 6.90. The summed E-state index contributed by atoms with van der Waals surface area (Å²) in [5.41, 5.74) is 0. The number of ether oxygens (including phenoxy) is 1. The summed E-state index contributed by atoms with van der Waals surface area (Å²) in [7, 11) is 0. The molecule has 1 heterocycles. The highest BCUT2D eigenvalue weighted by molar-refractivity contribution is 6.28. The number of nitrogens with zero attached hydrogens (tertiary/aromatic N) is 1. The summed E-state index contributed by atoms with van der Waals surface area (Å²) < 4.78 is 5.11. The third kappa shape index (κ3) is 1.88. The van der Waals surface area contributed by atoms with Crippen LogP contribution < -0.4 is 0 Å². The average molecular weight is 148 g/mol.